The molecule has 0 bridgehead atoms. The van der Waals surface area contributed by atoms with Crippen LogP contribution in [0.3, 0.4) is 0 Å². The molecule has 3 nitrogen and oxygen atoms in total. The van der Waals surface area contributed by atoms with Crippen molar-refractivity contribution in [3.63, 3.8) is 0 Å². The summed E-state index contributed by atoms with van der Waals surface area (Å²) in [4.78, 5) is 10.9. The van der Waals surface area contributed by atoms with Crippen LogP contribution in [0.2, 0.25) is 0 Å². The second-order valence-corrected chi connectivity index (χ2v) is 4.15. The van der Waals surface area contributed by atoms with Crippen molar-refractivity contribution in [2.24, 2.45) is 0 Å². The van der Waals surface area contributed by atoms with E-state index in [1.165, 1.54) is 25.5 Å². The standard InChI is InChI=1S/C13H26NO2.ClH/c1-5-9-10-14(7-3,8-4)11-12-16-13(15)6-2;/h6H,2,5,7-12H2,1,3-4H3;1H/q+1;/p-1. The number of quaternary nitrogens is 1. The van der Waals surface area contributed by atoms with Gasteiger partial charge in [-0.25, -0.2) is 4.79 Å². The van der Waals surface area contributed by atoms with Gasteiger partial charge in [-0.2, -0.15) is 0 Å². The number of likely N-dealkylation sites (N-methyl/N-ethyl adjacent to an activating group) is 1. The first-order chi connectivity index (χ1) is 7.64. The van der Waals surface area contributed by atoms with E-state index in [9.17, 15) is 4.79 Å². The molecular weight excluding hydrogens is 238 g/mol. The number of nitrogens with zero attached hydrogens (tertiary/aromatic N) is 1. The van der Waals surface area contributed by atoms with Gasteiger partial charge >= 0.3 is 5.97 Å². The van der Waals surface area contributed by atoms with Gasteiger partial charge < -0.3 is 21.6 Å². The highest BCUT2D eigenvalue weighted by molar-refractivity contribution is 5.81. The molecule has 0 N–H and O–H groups in total. The first-order valence-corrected chi connectivity index (χ1v) is 6.28. The maximum atomic E-state index is 10.9. The van der Waals surface area contributed by atoms with E-state index >= 15 is 0 Å². The van der Waals surface area contributed by atoms with E-state index in [1.807, 2.05) is 0 Å². The molecular formula is C13H26ClNO2. The molecule has 0 rings (SSSR count). The molecule has 0 aliphatic carbocycles. The molecule has 0 aliphatic rings. The normalized spacial score (nSPS) is 10.5. The molecule has 0 radical (unpaired) electrons. The van der Waals surface area contributed by atoms with Gasteiger partial charge in [0.1, 0.15) is 13.2 Å². The molecule has 0 heterocycles. The average Bonchev–Trinajstić information content (AvgIpc) is 2.33. The highest BCUT2D eigenvalue weighted by atomic mass is 35.5. The van der Waals surface area contributed by atoms with Crippen LogP contribution in [0.5, 0.6) is 0 Å². The van der Waals surface area contributed by atoms with Crippen molar-refractivity contribution in [3.8, 4) is 0 Å². The third kappa shape index (κ3) is 7.40. The zero-order chi connectivity index (χ0) is 12.4. The lowest BCUT2D eigenvalue weighted by Crippen LogP contribution is -3.00. The summed E-state index contributed by atoms with van der Waals surface area (Å²) in [5.74, 6) is -0.319. The summed E-state index contributed by atoms with van der Waals surface area (Å²) in [5.41, 5.74) is 0. The highest BCUT2D eigenvalue weighted by Crippen LogP contribution is 2.09. The molecule has 0 aromatic carbocycles. The van der Waals surface area contributed by atoms with Crippen molar-refractivity contribution >= 4 is 5.97 Å². The van der Waals surface area contributed by atoms with E-state index in [1.54, 1.807) is 0 Å². The average molecular weight is 264 g/mol. The van der Waals surface area contributed by atoms with Gasteiger partial charge in [0.2, 0.25) is 0 Å². The minimum Gasteiger partial charge on any atom is -1.00 e. The first kappa shape index (κ1) is 18.8. The van der Waals surface area contributed by atoms with E-state index in [2.05, 4.69) is 27.4 Å². The fourth-order valence-electron chi connectivity index (χ4n) is 1.86. The summed E-state index contributed by atoms with van der Waals surface area (Å²) >= 11 is 0. The predicted octanol–water partition coefficient (Wildman–Crippen LogP) is -0.624. The van der Waals surface area contributed by atoms with Gasteiger partial charge in [-0.05, 0) is 20.3 Å². The fraction of sp³-hybridized carbons (Fsp3) is 0.769. The van der Waals surface area contributed by atoms with Gasteiger partial charge in [-0.1, -0.05) is 19.9 Å². The van der Waals surface area contributed by atoms with Crippen molar-refractivity contribution < 1.29 is 26.4 Å². The Labute approximate surface area is 112 Å². The summed E-state index contributed by atoms with van der Waals surface area (Å²) in [5, 5.41) is 0. The SMILES string of the molecule is C=CC(=O)OCC[N+](CC)(CC)CCCC.[Cl-]. The minimum absolute atomic E-state index is 0. The Bertz CT molecular complexity index is 215. The molecule has 0 fully saturated rings. The van der Waals surface area contributed by atoms with Crippen molar-refractivity contribution in [1.29, 1.82) is 0 Å². The number of ether oxygens (including phenoxy) is 1. The summed E-state index contributed by atoms with van der Waals surface area (Å²) in [6.07, 6.45) is 3.67. The molecule has 0 aromatic heterocycles. The number of carbonyl (C=O) groups is 1. The monoisotopic (exact) mass is 263 g/mol. The Morgan fingerprint density at radius 2 is 1.82 bits per heavy atom. The van der Waals surface area contributed by atoms with E-state index in [-0.39, 0.29) is 18.4 Å². The maximum Gasteiger partial charge on any atom is 0.330 e. The number of hydrogen-bond donors (Lipinski definition) is 0. The number of esters is 1. The van der Waals surface area contributed by atoms with Crippen LogP contribution in [0.25, 0.3) is 0 Å². The molecule has 102 valence electrons. The first-order valence-electron chi connectivity index (χ1n) is 6.28. The smallest absolute Gasteiger partial charge is 0.330 e. The maximum absolute atomic E-state index is 10.9. The van der Waals surface area contributed by atoms with Crippen LogP contribution >= 0.6 is 0 Å². The van der Waals surface area contributed by atoms with Crippen molar-refractivity contribution in [1.82, 2.24) is 0 Å². The molecule has 0 unspecified atom stereocenters. The summed E-state index contributed by atoms with van der Waals surface area (Å²) in [6, 6.07) is 0. The molecule has 0 saturated heterocycles. The van der Waals surface area contributed by atoms with E-state index in [4.69, 9.17) is 4.74 Å². The Morgan fingerprint density at radius 1 is 1.24 bits per heavy atom. The van der Waals surface area contributed by atoms with Gasteiger partial charge in [-0.15, -0.1) is 0 Å². The van der Waals surface area contributed by atoms with Gasteiger partial charge in [0.25, 0.3) is 0 Å². The van der Waals surface area contributed by atoms with Gasteiger partial charge in [0.05, 0.1) is 19.6 Å². The van der Waals surface area contributed by atoms with E-state index in [0.29, 0.717) is 6.61 Å². The largest absolute Gasteiger partial charge is 1.00 e. The third-order valence-corrected chi connectivity index (χ3v) is 3.30. The lowest BCUT2D eigenvalue weighted by Gasteiger charge is -2.36. The number of halogens is 1. The zero-order valence-corrected chi connectivity index (χ0v) is 12.1. The third-order valence-electron chi connectivity index (χ3n) is 3.30. The quantitative estimate of drug-likeness (QED) is 0.315. The molecule has 0 aromatic rings. The van der Waals surface area contributed by atoms with Crippen molar-refractivity contribution in [3.05, 3.63) is 12.7 Å². The Balaban J connectivity index is 0. The number of carbonyl (C=O) groups excluding carboxylic acids is 1. The van der Waals surface area contributed by atoms with Crippen LogP contribution in [0.4, 0.5) is 0 Å². The van der Waals surface area contributed by atoms with Gasteiger partial charge in [0.15, 0.2) is 0 Å². The van der Waals surface area contributed by atoms with Gasteiger partial charge in [0, 0.05) is 6.08 Å². The number of hydrogen-bond acceptors (Lipinski definition) is 2. The molecule has 0 atom stereocenters. The number of unbranched alkanes of at least 4 members (excludes halogenated alkanes) is 1. The lowest BCUT2D eigenvalue weighted by molar-refractivity contribution is -0.925. The molecule has 0 amide bonds. The summed E-state index contributed by atoms with van der Waals surface area (Å²) < 4.78 is 6.10. The van der Waals surface area contributed by atoms with Crippen LogP contribution < -0.4 is 12.4 Å². The second-order valence-electron chi connectivity index (χ2n) is 4.15. The van der Waals surface area contributed by atoms with Crippen LogP contribution in [-0.4, -0.2) is 43.2 Å². The molecule has 4 heteroatoms. The second kappa shape index (κ2) is 10.6. The molecule has 0 aliphatic heterocycles. The Hall–Kier alpha value is -0.540. The van der Waals surface area contributed by atoms with Crippen LogP contribution in [-0.2, 0) is 9.53 Å². The lowest BCUT2D eigenvalue weighted by atomic mass is 10.2. The van der Waals surface area contributed by atoms with Crippen molar-refractivity contribution in [2.45, 2.75) is 33.6 Å². The Kier molecular flexibility index (Phi) is 11.7. The molecule has 17 heavy (non-hydrogen) atoms. The van der Waals surface area contributed by atoms with Crippen molar-refractivity contribution in [2.75, 3.05) is 32.8 Å². The van der Waals surface area contributed by atoms with Gasteiger partial charge in [-0.3, -0.25) is 0 Å². The van der Waals surface area contributed by atoms with E-state index in [0.717, 1.165) is 24.1 Å². The van der Waals surface area contributed by atoms with E-state index < -0.39 is 0 Å². The topological polar surface area (TPSA) is 26.3 Å². The van der Waals surface area contributed by atoms with Crippen LogP contribution in [0.15, 0.2) is 12.7 Å². The number of rotatable bonds is 9. The summed E-state index contributed by atoms with van der Waals surface area (Å²) in [6.45, 7) is 14.8. The Morgan fingerprint density at radius 3 is 2.24 bits per heavy atom. The van der Waals surface area contributed by atoms with Crippen LogP contribution in [0.1, 0.15) is 33.6 Å². The zero-order valence-electron chi connectivity index (χ0n) is 11.4. The predicted molar refractivity (Wildman–Crippen MR) is 67.1 cm³/mol. The molecule has 0 saturated carbocycles. The summed E-state index contributed by atoms with van der Waals surface area (Å²) in [7, 11) is 0. The minimum atomic E-state index is -0.319. The fourth-order valence-corrected chi connectivity index (χ4v) is 1.86. The molecule has 0 spiro atoms. The highest BCUT2D eigenvalue weighted by Gasteiger charge is 2.22. The van der Waals surface area contributed by atoms with Crippen LogP contribution in [0, 0.1) is 0 Å².